The molecule has 3 rings (SSSR count). The minimum Gasteiger partial charge on any atom is -0.497 e. The maximum Gasteiger partial charge on any atom is 0.289 e. The molecule has 158 valence electrons. The Morgan fingerprint density at radius 2 is 1.63 bits per heavy atom. The molecule has 0 fully saturated rings. The van der Waals surface area contributed by atoms with Crippen molar-refractivity contribution in [3.05, 3.63) is 59.7 Å². The van der Waals surface area contributed by atoms with Crippen LogP contribution in [0.2, 0.25) is 0 Å². The van der Waals surface area contributed by atoms with Crippen LogP contribution in [0.3, 0.4) is 0 Å². The summed E-state index contributed by atoms with van der Waals surface area (Å²) < 4.78 is 29.4. The van der Waals surface area contributed by atoms with Crippen LogP contribution in [0.25, 0.3) is 0 Å². The molecule has 3 amide bonds. The van der Waals surface area contributed by atoms with Gasteiger partial charge in [0.2, 0.25) is 0 Å². The number of amides is 3. The lowest BCUT2D eigenvalue weighted by Crippen LogP contribution is -2.46. The third-order valence-corrected chi connectivity index (χ3v) is 6.14. The molecule has 0 aromatic heterocycles. The van der Waals surface area contributed by atoms with Gasteiger partial charge in [0.05, 0.1) is 29.2 Å². The van der Waals surface area contributed by atoms with Crippen LogP contribution in [0.1, 0.15) is 27.1 Å². The van der Waals surface area contributed by atoms with E-state index in [1.807, 2.05) is 0 Å². The number of fused-ring (bicyclic) bond motifs is 1. The number of rotatable bonds is 7. The fourth-order valence-electron chi connectivity index (χ4n) is 2.94. The van der Waals surface area contributed by atoms with Crippen LogP contribution in [0.5, 0.6) is 5.75 Å². The van der Waals surface area contributed by atoms with Crippen LogP contribution < -0.4 is 10.5 Å². The Balaban J connectivity index is 1.67. The van der Waals surface area contributed by atoms with Crippen LogP contribution in [-0.2, 0) is 14.8 Å². The van der Waals surface area contributed by atoms with Gasteiger partial charge in [0.15, 0.2) is 0 Å². The van der Waals surface area contributed by atoms with Crippen LogP contribution in [-0.4, -0.2) is 60.4 Å². The molecule has 11 heteroatoms. The third kappa shape index (κ3) is 3.77. The van der Waals surface area contributed by atoms with Crippen molar-refractivity contribution in [2.45, 2.75) is 17.4 Å². The number of imide groups is 1. The monoisotopic (exact) mass is 433 g/mol. The van der Waals surface area contributed by atoms with Crippen molar-refractivity contribution in [3.63, 3.8) is 0 Å². The Morgan fingerprint density at radius 3 is 2.13 bits per heavy atom. The maximum atomic E-state index is 12.4. The number of ether oxygens (including phenoxy) is 1. The van der Waals surface area contributed by atoms with E-state index in [1.165, 1.54) is 31.4 Å². The van der Waals surface area contributed by atoms with E-state index in [0.29, 0.717) is 5.75 Å². The van der Waals surface area contributed by atoms with E-state index >= 15 is 0 Å². The summed E-state index contributed by atoms with van der Waals surface area (Å²) in [6, 6.07) is 9.83. The second-order valence-electron chi connectivity index (χ2n) is 6.46. The van der Waals surface area contributed by atoms with E-state index in [1.54, 1.807) is 12.1 Å². The fraction of sp³-hybridized carbons (Fsp3) is 0.211. The Kier molecular flexibility index (Phi) is 5.87. The van der Waals surface area contributed by atoms with Crippen LogP contribution in [0.15, 0.2) is 53.4 Å². The van der Waals surface area contributed by atoms with Crippen LogP contribution >= 0.6 is 0 Å². The fourth-order valence-corrected chi connectivity index (χ4v) is 3.99. The number of methoxy groups -OCH3 is 1. The number of benzene rings is 2. The Bertz CT molecular complexity index is 1060. The van der Waals surface area contributed by atoms with E-state index in [2.05, 4.69) is 0 Å². The van der Waals surface area contributed by atoms with Crippen LogP contribution in [0.4, 0.5) is 0 Å². The lowest BCUT2D eigenvalue weighted by molar-refractivity contribution is -0.147. The lowest BCUT2D eigenvalue weighted by atomic mass is 10.1. The molecular weight excluding hydrogens is 414 g/mol. The lowest BCUT2D eigenvalue weighted by Gasteiger charge is -2.21. The molecule has 3 N–H and O–H groups in total. The molecule has 1 heterocycles. The summed E-state index contributed by atoms with van der Waals surface area (Å²) in [5.74, 6) is -1.95. The number of nitrogens with two attached hydrogens (primary N) is 1. The van der Waals surface area contributed by atoms with Crippen molar-refractivity contribution in [2.75, 3.05) is 13.7 Å². The Morgan fingerprint density at radius 1 is 1.10 bits per heavy atom. The van der Waals surface area contributed by atoms with Crippen molar-refractivity contribution in [2.24, 2.45) is 5.73 Å². The topological polar surface area (TPSA) is 147 Å². The van der Waals surface area contributed by atoms with Crippen molar-refractivity contribution in [3.8, 4) is 5.75 Å². The summed E-state index contributed by atoms with van der Waals surface area (Å²) in [4.78, 5) is 37.6. The van der Waals surface area contributed by atoms with Crippen molar-refractivity contribution in [1.29, 1.82) is 0 Å². The molecule has 0 saturated heterocycles. The van der Waals surface area contributed by atoms with Gasteiger partial charge in [-0.25, -0.2) is 0 Å². The SMILES string of the molecule is COc1ccc(S(=O)(=O)N(O)C(=O)C(N)CCN2C(=O)c3ccccc3C2=O)cc1. The average molecular weight is 433 g/mol. The molecule has 1 aliphatic heterocycles. The van der Waals surface area contributed by atoms with Gasteiger partial charge < -0.3 is 10.5 Å². The molecule has 0 radical (unpaired) electrons. The van der Waals surface area contributed by atoms with Crippen molar-refractivity contribution < 1.29 is 32.7 Å². The van der Waals surface area contributed by atoms with Gasteiger partial charge in [-0.05, 0) is 42.8 Å². The smallest absolute Gasteiger partial charge is 0.289 e. The Hall–Kier alpha value is -3.28. The van der Waals surface area contributed by atoms with Gasteiger partial charge in [-0.2, -0.15) is 8.42 Å². The van der Waals surface area contributed by atoms with Crippen LogP contribution in [0, 0.1) is 0 Å². The minimum atomic E-state index is -4.55. The van der Waals surface area contributed by atoms with E-state index in [0.717, 1.165) is 17.0 Å². The predicted octanol–water partition coefficient (Wildman–Crippen LogP) is 0.615. The minimum absolute atomic E-state index is 0.213. The summed E-state index contributed by atoms with van der Waals surface area (Å²) in [5.41, 5.74) is 6.22. The largest absolute Gasteiger partial charge is 0.497 e. The predicted molar refractivity (Wildman–Crippen MR) is 103 cm³/mol. The number of hydrogen-bond donors (Lipinski definition) is 2. The zero-order valence-corrected chi connectivity index (χ0v) is 16.7. The van der Waals surface area contributed by atoms with Gasteiger partial charge in [0.25, 0.3) is 27.7 Å². The second-order valence-corrected chi connectivity index (χ2v) is 8.23. The summed E-state index contributed by atoms with van der Waals surface area (Å²) in [5, 5.41) is 9.97. The molecule has 1 unspecified atom stereocenters. The highest BCUT2D eigenvalue weighted by Crippen LogP contribution is 2.23. The first-order valence-corrected chi connectivity index (χ1v) is 10.3. The average Bonchev–Trinajstić information content (AvgIpc) is 3.01. The number of carbonyl (C=O) groups excluding carboxylic acids is 3. The van der Waals surface area contributed by atoms with Gasteiger partial charge in [0, 0.05) is 6.54 Å². The summed E-state index contributed by atoms with van der Waals surface area (Å²) in [6.45, 7) is -0.213. The Labute approximate surface area is 172 Å². The molecule has 1 atom stereocenters. The first-order chi connectivity index (χ1) is 14.2. The molecular formula is C19H19N3O7S. The molecule has 0 spiro atoms. The molecule has 1 aliphatic rings. The molecule has 0 bridgehead atoms. The number of nitrogens with zero attached hydrogens (tertiary/aromatic N) is 2. The number of hydroxylamine groups is 1. The molecule has 2 aromatic rings. The van der Waals surface area contributed by atoms with Gasteiger partial charge in [-0.15, -0.1) is 4.47 Å². The summed E-state index contributed by atoms with van der Waals surface area (Å²) >= 11 is 0. The van der Waals surface area contributed by atoms with E-state index in [9.17, 15) is 28.0 Å². The van der Waals surface area contributed by atoms with Gasteiger partial charge in [0.1, 0.15) is 5.75 Å². The summed E-state index contributed by atoms with van der Waals surface area (Å²) in [7, 11) is -3.15. The molecule has 0 aliphatic carbocycles. The highest BCUT2D eigenvalue weighted by molar-refractivity contribution is 7.89. The normalized spacial score (nSPS) is 14.4. The van der Waals surface area contributed by atoms with E-state index in [4.69, 9.17) is 10.5 Å². The zero-order chi connectivity index (χ0) is 22.1. The molecule has 30 heavy (non-hydrogen) atoms. The standard InChI is InChI=1S/C19H19N3O7S/c1-29-12-6-8-13(9-7-12)30(27,28)22(26)19(25)16(20)10-11-21-17(23)14-4-2-3-5-15(14)18(21)24/h2-9,16,26H,10-11,20H2,1H3. The first-order valence-electron chi connectivity index (χ1n) is 8.81. The van der Waals surface area contributed by atoms with E-state index < -0.39 is 38.3 Å². The number of sulfonamides is 1. The molecule has 0 saturated carbocycles. The van der Waals surface area contributed by atoms with Gasteiger partial charge in [-0.1, -0.05) is 12.1 Å². The molecule has 2 aromatic carbocycles. The highest BCUT2D eigenvalue weighted by Gasteiger charge is 2.37. The molecule has 10 nitrogen and oxygen atoms in total. The first kappa shape index (κ1) is 21.4. The van der Waals surface area contributed by atoms with Crippen molar-refractivity contribution in [1.82, 2.24) is 9.37 Å². The highest BCUT2D eigenvalue weighted by atomic mass is 32.2. The van der Waals surface area contributed by atoms with E-state index in [-0.39, 0.29) is 29.0 Å². The van der Waals surface area contributed by atoms with Crippen molar-refractivity contribution >= 4 is 27.7 Å². The van der Waals surface area contributed by atoms with Gasteiger partial charge >= 0.3 is 0 Å². The summed E-state index contributed by atoms with van der Waals surface area (Å²) in [6.07, 6.45) is -0.237. The quantitative estimate of drug-likeness (QED) is 0.367. The third-order valence-electron chi connectivity index (χ3n) is 4.63. The number of hydrogen-bond acceptors (Lipinski definition) is 8. The maximum absolute atomic E-state index is 12.4. The zero-order valence-electron chi connectivity index (χ0n) is 15.9. The number of carbonyl (C=O) groups is 3. The second kappa shape index (κ2) is 8.22. The van der Waals surface area contributed by atoms with Gasteiger partial charge in [-0.3, -0.25) is 24.5 Å².